The van der Waals surface area contributed by atoms with Gasteiger partial charge in [-0.05, 0) is 38.5 Å². The minimum atomic E-state index is -1.59. The fourth-order valence-corrected chi connectivity index (χ4v) is 5.95. The normalized spacial score (nSPS) is 21.6. The molecular formula is C39H72O10. The Hall–Kier alpha value is -1.56. The Morgan fingerprint density at radius 2 is 1.08 bits per heavy atom. The number of hydrogen-bond donors (Lipinski definition) is 4. The first kappa shape index (κ1) is 45.5. The van der Waals surface area contributed by atoms with E-state index in [1.807, 2.05) is 0 Å². The summed E-state index contributed by atoms with van der Waals surface area (Å²) in [7, 11) is 0. The van der Waals surface area contributed by atoms with Crippen LogP contribution in [-0.2, 0) is 28.5 Å². The van der Waals surface area contributed by atoms with Crippen LogP contribution in [0.1, 0.15) is 168 Å². The van der Waals surface area contributed by atoms with Crippen LogP contribution in [0.2, 0.25) is 0 Å². The van der Waals surface area contributed by atoms with Crippen molar-refractivity contribution in [2.45, 2.75) is 205 Å². The predicted octanol–water partition coefficient (Wildman–Crippen LogP) is 7.22. The number of aliphatic hydroxyl groups excluding tert-OH is 4. The van der Waals surface area contributed by atoms with Crippen LogP contribution in [0, 0.1) is 0 Å². The number of aliphatic hydroxyl groups is 4. The van der Waals surface area contributed by atoms with Gasteiger partial charge in [0.25, 0.3) is 0 Å². The van der Waals surface area contributed by atoms with Gasteiger partial charge in [0.1, 0.15) is 31.0 Å². The summed E-state index contributed by atoms with van der Waals surface area (Å²) in [5.41, 5.74) is 0. The lowest BCUT2D eigenvalue weighted by Crippen LogP contribution is -2.59. The predicted molar refractivity (Wildman–Crippen MR) is 192 cm³/mol. The van der Waals surface area contributed by atoms with Crippen molar-refractivity contribution in [1.82, 2.24) is 0 Å². The molecule has 0 aromatic carbocycles. The van der Waals surface area contributed by atoms with E-state index in [2.05, 4.69) is 26.0 Å². The second kappa shape index (κ2) is 31.2. The maximum absolute atomic E-state index is 12.7. The molecule has 10 heteroatoms. The van der Waals surface area contributed by atoms with Crippen LogP contribution in [0.5, 0.6) is 0 Å². The lowest BCUT2D eigenvalue weighted by atomic mass is 9.99. The number of carbonyl (C=O) groups excluding carboxylic acids is 2. The van der Waals surface area contributed by atoms with Crippen molar-refractivity contribution in [2.24, 2.45) is 0 Å². The Labute approximate surface area is 297 Å². The fraction of sp³-hybridized carbons (Fsp3) is 0.897. The third-order valence-corrected chi connectivity index (χ3v) is 9.15. The highest BCUT2D eigenvalue weighted by Gasteiger charge is 2.44. The van der Waals surface area contributed by atoms with E-state index in [4.69, 9.17) is 18.9 Å². The smallest absolute Gasteiger partial charge is 0.306 e. The summed E-state index contributed by atoms with van der Waals surface area (Å²) in [6.07, 6.45) is 22.3. The lowest BCUT2D eigenvalue weighted by Gasteiger charge is -2.39. The van der Waals surface area contributed by atoms with Gasteiger partial charge >= 0.3 is 11.9 Å². The van der Waals surface area contributed by atoms with Gasteiger partial charge in [0.05, 0.1) is 13.2 Å². The van der Waals surface area contributed by atoms with Crippen LogP contribution in [0.15, 0.2) is 12.2 Å². The van der Waals surface area contributed by atoms with Gasteiger partial charge in [0.15, 0.2) is 12.4 Å². The topological polar surface area (TPSA) is 152 Å². The van der Waals surface area contributed by atoms with Gasteiger partial charge in [0, 0.05) is 12.8 Å². The minimum Gasteiger partial charge on any atom is -0.462 e. The second-order valence-electron chi connectivity index (χ2n) is 13.7. The third kappa shape index (κ3) is 23.5. The number of esters is 2. The summed E-state index contributed by atoms with van der Waals surface area (Å²) in [4.78, 5) is 25.1. The van der Waals surface area contributed by atoms with Crippen molar-refractivity contribution in [3.63, 3.8) is 0 Å². The van der Waals surface area contributed by atoms with E-state index >= 15 is 0 Å². The molecule has 1 aliphatic rings. The van der Waals surface area contributed by atoms with Crippen LogP contribution < -0.4 is 0 Å². The first-order valence-electron chi connectivity index (χ1n) is 19.8. The largest absolute Gasteiger partial charge is 0.462 e. The van der Waals surface area contributed by atoms with Crippen molar-refractivity contribution in [3.8, 4) is 0 Å². The number of unbranched alkanes of at least 4 members (excludes halogenated alkanes) is 19. The molecule has 1 heterocycles. The molecule has 1 unspecified atom stereocenters. The lowest BCUT2D eigenvalue weighted by molar-refractivity contribution is -0.305. The molecule has 0 saturated carbocycles. The highest BCUT2D eigenvalue weighted by Crippen LogP contribution is 2.22. The highest BCUT2D eigenvalue weighted by atomic mass is 16.7. The number of carbonyl (C=O) groups is 2. The molecule has 0 aliphatic carbocycles. The zero-order valence-corrected chi connectivity index (χ0v) is 30.9. The molecule has 0 spiro atoms. The monoisotopic (exact) mass is 701 g/mol. The Morgan fingerprint density at radius 1 is 0.612 bits per heavy atom. The summed E-state index contributed by atoms with van der Waals surface area (Å²) in [6.45, 7) is 3.37. The molecule has 0 aromatic rings. The average molecular weight is 701 g/mol. The van der Waals surface area contributed by atoms with E-state index < -0.39 is 49.4 Å². The van der Waals surface area contributed by atoms with Crippen molar-refractivity contribution in [3.05, 3.63) is 12.2 Å². The zero-order valence-electron chi connectivity index (χ0n) is 30.9. The van der Waals surface area contributed by atoms with Crippen LogP contribution in [0.3, 0.4) is 0 Å². The number of allylic oxidation sites excluding steroid dienone is 2. The standard InChI is InChI=1S/C39H72O10/c1-3-5-7-9-11-13-14-15-16-17-18-20-22-24-26-28-35(42)48-32(31-47-39-38(45)37(44)36(43)33(29-40)49-39)30-46-34(41)27-25-23-21-19-12-10-8-6-4-2/h15-16,32-33,36-40,43-45H,3-14,17-31H2,1-2H3/b16-15-/t32?,33-,36-,37+,38-,39-/m1/s1. The molecule has 6 atom stereocenters. The van der Waals surface area contributed by atoms with Gasteiger partial charge in [-0.25, -0.2) is 0 Å². The Morgan fingerprint density at radius 3 is 1.59 bits per heavy atom. The second-order valence-corrected chi connectivity index (χ2v) is 13.7. The molecule has 1 rings (SSSR count). The van der Waals surface area contributed by atoms with Gasteiger partial charge in [0.2, 0.25) is 0 Å². The molecule has 0 radical (unpaired) electrons. The Balaban J connectivity index is 2.38. The molecule has 1 fully saturated rings. The first-order chi connectivity index (χ1) is 23.8. The van der Waals surface area contributed by atoms with Crippen molar-refractivity contribution < 1.29 is 49.0 Å². The van der Waals surface area contributed by atoms with E-state index in [9.17, 15) is 30.0 Å². The van der Waals surface area contributed by atoms with E-state index in [0.29, 0.717) is 6.42 Å². The van der Waals surface area contributed by atoms with Gasteiger partial charge in [-0.3, -0.25) is 9.59 Å². The van der Waals surface area contributed by atoms with E-state index in [1.54, 1.807) is 0 Å². The molecule has 0 bridgehead atoms. The summed E-state index contributed by atoms with van der Waals surface area (Å²) in [5.74, 6) is -0.816. The summed E-state index contributed by atoms with van der Waals surface area (Å²) in [5, 5.41) is 39.9. The number of hydrogen-bond acceptors (Lipinski definition) is 10. The Bertz CT molecular complexity index is 820. The van der Waals surface area contributed by atoms with Gasteiger partial charge < -0.3 is 39.4 Å². The van der Waals surface area contributed by atoms with E-state index in [-0.39, 0.29) is 32.0 Å². The zero-order chi connectivity index (χ0) is 36.0. The van der Waals surface area contributed by atoms with Gasteiger partial charge in [-0.2, -0.15) is 0 Å². The SMILES string of the molecule is CCCCCCCC/C=C\CCCCCCCC(=O)OC(COC(=O)CCCCCCCCCCC)CO[C@@H]1O[C@H](CO)[C@@H](O)[C@H](O)[C@H]1O. The van der Waals surface area contributed by atoms with Crippen LogP contribution in [0.4, 0.5) is 0 Å². The van der Waals surface area contributed by atoms with Crippen molar-refractivity contribution >= 4 is 11.9 Å². The summed E-state index contributed by atoms with van der Waals surface area (Å²) in [6, 6.07) is 0. The molecule has 10 nitrogen and oxygen atoms in total. The summed E-state index contributed by atoms with van der Waals surface area (Å²) >= 11 is 0. The van der Waals surface area contributed by atoms with E-state index in [0.717, 1.165) is 51.4 Å². The highest BCUT2D eigenvalue weighted by molar-refractivity contribution is 5.70. The number of ether oxygens (including phenoxy) is 4. The van der Waals surface area contributed by atoms with Crippen molar-refractivity contribution in [2.75, 3.05) is 19.8 Å². The fourth-order valence-electron chi connectivity index (χ4n) is 5.95. The average Bonchev–Trinajstić information content (AvgIpc) is 3.10. The third-order valence-electron chi connectivity index (χ3n) is 9.15. The number of rotatable bonds is 32. The maximum atomic E-state index is 12.7. The van der Waals surface area contributed by atoms with Crippen LogP contribution >= 0.6 is 0 Å². The first-order valence-corrected chi connectivity index (χ1v) is 19.8. The molecule has 1 saturated heterocycles. The molecular weight excluding hydrogens is 628 g/mol. The molecule has 288 valence electrons. The van der Waals surface area contributed by atoms with Crippen LogP contribution in [0.25, 0.3) is 0 Å². The summed E-state index contributed by atoms with van der Waals surface area (Å²) < 4.78 is 22.0. The molecule has 0 aromatic heterocycles. The van der Waals surface area contributed by atoms with Crippen molar-refractivity contribution in [1.29, 1.82) is 0 Å². The minimum absolute atomic E-state index is 0.216. The quantitative estimate of drug-likeness (QED) is 0.0322. The van der Waals surface area contributed by atoms with Gasteiger partial charge in [-0.15, -0.1) is 0 Å². The Kier molecular flexibility index (Phi) is 28.9. The molecule has 49 heavy (non-hydrogen) atoms. The maximum Gasteiger partial charge on any atom is 0.306 e. The molecule has 0 amide bonds. The van der Waals surface area contributed by atoms with Gasteiger partial charge in [-0.1, -0.05) is 129 Å². The van der Waals surface area contributed by atoms with E-state index in [1.165, 1.54) is 83.5 Å². The molecule has 4 N–H and O–H groups in total. The van der Waals surface area contributed by atoms with Crippen LogP contribution in [-0.4, -0.2) is 89.0 Å². The molecule has 1 aliphatic heterocycles.